The zero-order chi connectivity index (χ0) is 16.4. The van der Waals surface area contributed by atoms with Crippen LogP contribution in [0.4, 0.5) is 32.4 Å². The Labute approximate surface area is 114 Å². The van der Waals surface area contributed by atoms with Crippen LogP contribution in [0.5, 0.6) is 0 Å². The summed E-state index contributed by atoms with van der Waals surface area (Å²) in [5, 5.41) is 11.5. The van der Waals surface area contributed by atoms with Gasteiger partial charge in [-0.1, -0.05) is 0 Å². The molecule has 21 heavy (non-hydrogen) atoms. The Morgan fingerprint density at radius 3 is 1.95 bits per heavy atom. The van der Waals surface area contributed by atoms with Crippen molar-refractivity contribution in [1.82, 2.24) is 5.32 Å². The van der Waals surface area contributed by atoms with Crippen LogP contribution in [0.25, 0.3) is 0 Å². The number of alkyl halides is 3. The van der Waals surface area contributed by atoms with Gasteiger partial charge in [-0.25, -0.2) is 18.4 Å². The number of nitrogens with one attached hydrogen (secondary N) is 2. The van der Waals surface area contributed by atoms with Gasteiger partial charge in [-0.2, -0.15) is 13.2 Å². The first-order chi connectivity index (χ1) is 9.45. The summed E-state index contributed by atoms with van der Waals surface area (Å²) >= 11 is 0. The van der Waals surface area contributed by atoms with E-state index in [0.717, 1.165) is 0 Å². The van der Waals surface area contributed by atoms with E-state index in [1.807, 2.05) is 0 Å². The molecule has 0 heterocycles. The van der Waals surface area contributed by atoms with Crippen molar-refractivity contribution in [2.45, 2.75) is 18.6 Å². The Hall–Kier alpha value is -2.39. The molecule has 0 saturated heterocycles. The van der Waals surface area contributed by atoms with Crippen molar-refractivity contribution >= 4 is 17.7 Å². The second-order valence-electron chi connectivity index (χ2n) is 4.17. The first kappa shape index (κ1) is 16.7. The van der Waals surface area contributed by atoms with Crippen LogP contribution in [-0.4, -0.2) is 28.8 Å². The van der Waals surface area contributed by atoms with Crippen molar-refractivity contribution in [2.75, 3.05) is 5.32 Å². The number of amides is 2. The number of halogens is 5. The molecule has 1 rings (SSSR count). The molecule has 1 atom stereocenters. The van der Waals surface area contributed by atoms with E-state index in [2.05, 4.69) is 0 Å². The Kier molecular flexibility index (Phi) is 4.40. The highest BCUT2D eigenvalue weighted by atomic mass is 19.4. The smallest absolute Gasteiger partial charge is 0.422 e. The van der Waals surface area contributed by atoms with Gasteiger partial charge in [0.2, 0.25) is 5.54 Å². The van der Waals surface area contributed by atoms with E-state index in [1.54, 1.807) is 5.32 Å². The fraction of sp³-hybridized carbons (Fsp3) is 0.273. The van der Waals surface area contributed by atoms with Crippen LogP contribution in [0.3, 0.4) is 0 Å². The Balaban J connectivity index is 2.92. The van der Waals surface area contributed by atoms with Gasteiger partial charge in [0.1, 0.15) is 11.6 Å². The van der Waals surface area contributed by atoms with E-state index in [0.29, 0.717) is 18.2 Å². The number of carbonyl (C=O) groups is 2. The lowest BCUT2D eigenvalue weighted by Crippen LogP contribution is -2.62. The molecule has 0 radical (unpaired) electrons. The highest BCUT2D eigenvalue weighted by molar-refractivity contribution is 5.94. The van der Waals surface area contributed by atoms with Gasteiger partial charge in [0.25, 0.3) is 0 Å². The van der Waals surface area contributed by atoms with E-state index < -0.39 is 41.0 Å². The number of aliphatic carboxylic acids is 1. The van der Waals surface area contributed by atoms with E-state index >= 15 is 0 Å². The van der Waals surface area contributed by atoms with E-state index in [-0.39, 0.29) is 6.92 Å². The van der Waals surface area contributed by atoms with Crippen molar-refractivity contribution in [3.63, 3.8) is 0 Å². The summed E-state index contributed by atoms with van der Waals surface area (Å²) in [6, 6.07) is 0.199. The van der Waals surface area contributed by atoms with E-state index in [9.17, 15) is 31.5 Å². The summed E-state index contributed by atoms with van der Waals surface area (Å²) in [5.74, 6) is -4.47. The fourth-order valence-corrected chi connectivity index (χ4v) is 1.26. The van der Waals surface area contributed by atoms with Crippen molar-refractivity contribution in [2.24, 2.45) is 0 Å². The minimum atomic E-state index is -5.27. The number of carbonyl (C=O) groups excluding carboxylic acids is 1. The van der Waals surface area contributed by atoms with Gasteiger partial charge in [-0.15, -0.1) is 0 Å². The monoisotopic (exact) mass is 312 g/mol. The van der Waals surface area contributed by atoms with Gasteiger partial charge in [0, 0.05) is 11.8 Å². The normalized spacial score (nSPS) is 14.2. The molecule has 0 spiro atoms. The molecule has 0 fully saturated rings. The summed E-state index contributed by atoms with van der Waals surface area (Å²) in [5.41, 5.74) is -4.02. The van der Waals surface area contributed by atoms with Gasteiger partial charge in [0.05, 0.1) is 0 Å². The van der Waals surface area contributed by atoms with E-state index in [4.69, 9.17) is 5.11 Å². The maximum absolute atomic E-state index is 12.8. The van der Waals surface area contributed by atoms with Crippen LogP contribution < -0.4 is 10.6 Å². The third-order valence-corrected chi connectivity index (χ3v) is 2.48. The summed E-state index contributed by atoms with van der Waals surface area (Å²) in [7, 11) is 0. The average molecular weight is 312 g/mol. The number of anilines is 1. The molecule has 3 N–H and O–H groups in total. The van der Waals surface area contributed by atoms with Gasteiger partial charge >= 0.3 is 18.2 Å². The molecule has 1 aromatic rings. The fourth-order valence-electron chi connectivity index (χ4n) is 1.26. The number of urea groups is 1. The molecule has 0 saturated carbocycles. The molecule has 5 nitrogen and oxygen atoms in total. The SMILES string of the molecule is CC(NC(=O)Nc1cc(F)cc(F)c1)(C(=O)O)C(F)(F)F. The minimum absolute atomic E-state index is 0.237. The third-order valence-electron chi connectivity index (χ3n) is 2.48. The second-order valence-corrected chi connectivity index (χ2v) is 4.17. The van der Waals surface area contributed by atoms with Crippen LogP contribution in [-0.2, 0) is 4.79 Å². The molecule has 1 unspecified atom stereocenters. The predicted molar refractivity (Wildman–Crippen MR) is 60.6 cm³/mol. The molecule has 0 aliphatic carbocycles. The number of hydrogen-bond donors (Lipinski definition) is 3. The Morgan fingerprint density at radius 1 is 1.10 bits per heavy atom. The molecule has 0 aliphatic rings. The lowest BCUT2D eigenvalue weighted by molar-refractivity contribution is -0.203. The van der Waals surface area contributed by atoms with Crippen molar-refractivity contribution in [1.29, 1.82) is 0 Å². The lowest BCUT2D eigenvalue weighted by Gasteiger charge is -2.28. The summed E-state index contributed by atoms with van der Waals surface area (Å²) in [6.45, 7) is 0.237. The molecule has 0 aromatic heterocycles. The van der Waals surface area contributed by atoms with Gasteiger partial charge in [-0.05, 0) is 19.1 Å². The maximum atomic E-state index is 12.8. The van der Waals surface area contributed by atoms with Crippen LogP contribution in [0.1, 0.15) is 6.92 Å². The summed E-state index contributed by atoms with van der Waals surface area (Å²) in [6.07, 6.45) is -5.27. The topological polar surface area (TPSA) is 78.4 Å². The summed E-state index contributed by atoms with van der Waals surface area (Å²) in [4.78, 5) is 22.1. The zero-order valence-electron chi connectivity index (χ0n) is 10.4. The second kappa shape index (κ2) is 5.54. The minimum Gasteiger partial charge on any atom is -0.479 e. The molecule has 0 bridgehead atoms. The van der Waals surface area contributed by atoms with Crippen LogP contribution in [0.2, 0.25) is 0 Å². The molecular formula is C11H9F5N2O3. The quantitative estimate of drug-likeness (QED) is 0.750. The van der Waals surface area contributed by atoms with Gasteiger partial charge in [0.15, 0.2) is 0 Å². The number of carboxylic acid groups (broad SMARTS) is 1. The molecule has 0 aliphatic heterocycles. The first-order valence-corrected chi connectivity index (χ1v) is 5.31. The van der Waals surface area contributed by atoms with Crippen molar-refractivity contribution in [3.05, 3.63) is 29.8 Å². The highest BCUT2D eigenvalue weighted by Gasteiger charge is 2.58. The Morgan fingerprint density at radius 2 is 1.57 bits per heavy atom. The van der Waals surface area contributed by atoms with Gasteiger partial charge < -0.3 is 15.7 Å². The standard InChI is InChI=1S/C11H9F5N2O3/c1-10(8(19)20,11(14,15)16)18-9(21)17-7-3-5(12)2-6(13)4-7/h2-4H,1H3,(H,19,20)(H2,17,18,21). The van der Waals surface area contributed by atoms with E-state index in [1.165, 1.54) is 5.32 Å². The Bertz CT molecular complexity index is 555. The zero-order valence-corrected chi connectivity index (χ0v) is 10.4. The molecule has 2 amide bonds. The number of hydrogen-bond acceptors (Lipinski definition) is 2. The number of benzene rings is 1. The van der Waals surface area contributed by atoms with Crippen molar-refractivity contribution < 1.29 is 36.6 Å². The average Bonchev–Trinajstić information content (AvgIpc) is 2.24. The predicted octanol–water partition coefficient (Wildman–Crippen LogP) is 2.49. The van der Waals surface area contributed by atoms with Crippen LogP contribution >= 0.6 is 0 Å². The van der Waals surface area contributed by atoms with Crippen molar-refractivity contribution in [3.8, 4) is 0 Å². The van der Waals surface area contributed by atoms with Crippen LogP contribution in [0.15, 0.2) is 18.2 Å². The van der Waals surface area contributed by atoms with Crippen LogP contribution in [0, 0.1) is 11.6 Å². The van der Waals surface area contributed by atoms with Gasteiger partial charge in [-0.3, -0.25) is 0 Å². The maximum Gasteiger partial charge on any atom is 0.422 e. The largest absolute Gasteiger partial charge is 0.479 e. The third kappa shape index (κ3) is 3.80. The highest BCUT2D eigenvalue weighted by Crippen LogP contribution is 2.30. The molecular weight excluding hydrogens is 303 g/mol. The molecule has 116 valence electrons. The number of carboxylic acids is 1. The summed E-state index contributed by atoms with van der Waals surface area (Å²) < 4.78 is 63.6. The molecule has 10 heteroatoms. The number of rotatable bonds is 3. The first-order valence-electron chi connectivity index (χ1n) is 5.31. The lowest BCUT2D eigenvalue weighted by atomic mass is 10.0. The molecule has 1 aromatic carbocycles.